The fourth-order valence-electron chi connectivity index (χ4n) is 11.7. The van der Waals surface area contributed by atoms with E-state index in [2.05, 4.69) is 79.7 Å². The standard InChI is InChI=1S/C52H60FN7O7S/c1-5-41-46(26-39-40(53)29-54-49(39)56-41)67-45-23-33(59-21-18-52(19-22-59)27-34(28-52)60-20-8-11-44(60)37-10-7-6-9-36(37)31(2)3)12-13-38(45)50(61)58-68(64,65)35-24-42(57-63)48-47(25-35)66-30-43(55-48)32-14-16-51(4,62)17-15-32/h5-7,9-10,12-13,23-26,29,31-32,34,43-44,55,62H,1,8,11,14-22,27-28,30H2,2-4H3,(H,54,56)(H,58,61)/t32-,43-,44-,51-/m1/s1. The Morgan fingerprint density at radius 2 is 1.81 bits per heavy atom. The molecule has 14 nitrogen and oxygen atoms in total. The number of aromatic amines is 1. The van der Waals surface area contributed by atoms with Gasteiger partial charge in [0.25, 0.3) is 15.9 Å². The van der Waals surface area contributed by atoms with Crippen molar-refractivity contribution in [3.05, 3.63) is 107 Å². The van der Waals surface area contributed by atoms with Crippen molar-refractivity contribution in [1.29, 1.82) is 0 Å². The van der Waals surface area contributed by atoms with Gasteiger partial charge in [-0.05, 0) is 142 Å². The summed E-state index contributed by atoms with van der Waals surface area (Å²) in [4.78, 5) is 38.3. The molecule has 0 unspecified atom stereocenters. The number of halogens is 1. The van der Waals surface area contributed by atoms with Gasteiger partial charge in [0.2, 0.25) is 0 Å². The molecule has 2 aromatic heterocycles. The minimum absolute atomic E-state index is 0.0321. The molecule has 1 spiro atoms. The average molecular weight is 946 g/mol. The van der Waals surface area contributed by atoms with Gasteiger partial charge in [-0.1, -0.05) is 44.7 Å². The maximum atomic E-state index is 14.9. The Morgan fingerprint density at radius 3 is 2.54 bits per heavy atom. The van der Waals surface area contributed by atoms with Gasteiger partial charge in [-0.2, -0.15) is 0 Å². The van der Waals surface area contributed by atoms with Gasteiger partial charge in [0, 0.05) is 49.2 Å². The van der Waals surface area contributed by atoms with Gasteiger partial charge in [0.15, 0.2) is 5.75 Å². The van der Waals surface area contributed by atoms with Gasteiger partial charge < -0.3 is 29.8 Å². The third-order valence-electron chi connectivity index (χ3n) is 15.6. The van der Waals surface area contributed by atoms with Crippen LogP contribution in [-0.4, -0.2) is 78.2 Å². The van der Waals surface area contributed by atoms with Crippen molar-refractivity contribution in [3.8, 4) is 17.2 Å². The number of anilines is 2. The van der Waals surface area contributed by atoms with Crippen molar-refractivity contribution >= 4 is 50.1 Å². The van der Waals surface area contributed by atoms with Gasteiger partial charge in [0.05, 0.1) is 27.5 Å². The molecular formula is C52H60FN7O7S. The van der Waals surface area contributed by atoms with E-state index < -0.39 is 27.3 Å². The number of amides is 1. The van der Waals surface area contributed by atoms with Gasteiger partial charge >= 0.3 is 0 Å². The Kier molecular flexibility index (Phi) is 12.1. The molecule has 3 aliphatic heterocycles. The lowest BCUT2D eigenvalue weighted by molar-refractivity contribution is -0.0227. The number of nitroso groups, excluding NO2 is 1. The van der Waals surface area contributed by atoms with E-state index in [0.29, 0.717) is 30.8 Å². The molecule has 358 valence electrons. The number of benzene rings is 3. The SMILES string of the molecule is C=Cc1nc2[nH]cc(F)c2cc1Oc1cc(N2CCC3(CC2)CC(N2CCC[C@@H]2c2ccccc2C(C)C)C3)ccc1C(=O)NS(=O)(=O)c1cc(N=O)c2c(c1)OC[C@H]([C@H]1CC[C@](C)(O)CC1)N2. The first-order valence-electron chi connectivity index (χ1n) is 24.0. The van der Waals surface area contributed by atoms with Crippen molar-refractivity contribution in [2.24, 2.45) is 16.5 Å². The fraction of sp³-hybridized carbons (Fsp3) is 0.462. The number of aliphatic hydroxyl groups is 1. The third kappa shape index (κ3) is 8.75. The van der Waals surface area contributed by atoms with Gasteiger partial charge in [-0.15, -0.1) is 4.91 Å². The van der Waals surface area contributed by atoms with Crippen LogP contribution in [-0.2, 0) is 10.0 Å². The summed E-state index contributed by atoms with van der Waals surface area (Å²) >= 11 is 0. The number of nitrogens with one attached hydrogen (secondary N) is 3. The van der Waals surface area contributed by atoms with E-state index in [0.717, 1.165) is 57.1 Å². The largest absolute Gasteiger partial charge is 0.489 e. The maximum absolute atomic E-state index is 14.9. The first-order chi connectivity index (χ1) is 32.6. The minimum atomic E-state index is -4.61. The Hall–Kier alpha value is -5.84. The lowest BCUT2D eigenvalue weighted by Crippen LogP contribution is -2.54. The van der Waals surface area contributed by atoms with Crippen molar-refractivity contribution in [1.82, 2.24) is 19.6 Å². The van der Waals surface area contributed by atoms with Crippen molar-refractivity contribution in [2.75, 3.05) is 36.5 Å². The average Bonchev–Trinajstić information content (AvgIpc) is 3.96. The molecule has 4 fully saturated rings. The molecule has 68 heavy (non-hydrogen) atoms. The summed E-state index contributed by atoms with van der Waals surface area (Å²) in [6.07, 6.45) is 12.2. The van der Waals surface area contributed by atoms with Gasteiger partial charge in [0.1, 0.15) is 46.6 Å². The number of aromatic nitrogens is 2. The molecule has 10 rings (SSSR count). The molecule has 2 aliphatic carbocycles. The monoisotopic (exact) mass is 945 g/mol. The van der Waals surface area contributed by atoms with Crippen molar-refractivity contribution in [2.45, 2.75) is 120 Å². The summed E-state index contributed by atoms with van der Waals surface area (Å²) in [5.41, 5.74) is 3.82. The molecule has 0 radical (unpaired) electrons. The number of likely N-dealkylation sites (tertiary alicyclic amines) is 1. The summed E-state index contributed by atoms with van der Waals surface area (Å²) in [5.74, 6) is -0.618. The number of rotatable bonds is 12. The number of H-pyrrole nitrogens is 1. The molecular weight excluding hydrogens is 886 g/mol. The molecule has 2 saturated heterocycles. The summed E-state index contributed by atoms with van der Waals surface area (Å²) in [7, 11) is -4.61. The summed E-state index contributed by atoms with van der Waals surface area (Å²) in [5, 5.41) is 17.1. The molecule has 4 N–H and O–H groups in total. The van der Waals surface area contributed by atoms with Crippen LogP contribution in [0.25, 0.3) is 17.1 Å². The highest BCUT2D eigenvalue weighted by molar-refractivity contribution is 7.90. The van der Waals surface area contributed by atoms with E-state index in [1.807, 2.05) is 6.92 Å². The normalized spacial score (nSPS) is 24.0. The smallest absolute Gasteiger partial charge is 0.268 e. The van der Waals surface area contributed by atoms with Crippen LogP contribution in [0.5, 0.6) is 17.2 Å². The zero-order chi connectivity index (χ0) is 47.5. The second-order valence-corrected chi connectivity index (χ2v) is 22.0. The molecule has 2 atom stereocenters. The first kappa shape index (κ1) is 45.9. The number of piperidine rings is 1. The summed E-state index contributed by atoms with van der Waals surface area (Å²) in [6, 6.07) is 18.7. The highest BCUT2D eigenvalue weighted by Gasteiger charge is 2.50. The lowest BCUT2D eigenvalue weighted by Gasteiger charge is -2.56. The molecule has 5 heterocycles. The number of pyridine rings is 1. The Labute approximate surface area is 396 Å². The molecule has 2 saturated carbocycles. The van der Waals surface area contributed by atoms with E-state index >= 15 is 0 Å². The number of ether oxygens (including phenoxy) is 2. The zero-order valence-electron chi connectivity index (χ0n) is 38.9. The van der Waals surface area contributed by atoms with E-state index in [1.165, 1.54) is 67.3 Å². The minimum Gasteiger partial charge on any atom is -0.489 e. The summed E-state index contributed by atoms with van der Waals surface area (Å²) in [6.45, 7) is 13.2. The number of carbonyl (C=O) groups is 1. The topological polar surface area (TPSA) is 179 Å². The van der Waals surface area contributed by atoms with Gasteiger partial charge in [-0.25, -0.2) is 22.5 Å². The van der Waals surface area contributed by atoms with Crippen molar-refractivity contribution < 1.29 is 32.2 Å². The van der Waals surface area contributed by atoms with Crippen LogP contribution >= 0.6 is 0 Å². The number of carbonyl (C=O) groups excluding carboxylic acids is 1. The Bertz CT molecular complexity index is 2880. The van der Waals surface area contributed by atoms with Crippen LogP contribution < -0.4 is 24.4 Å². The predicted octanol–water partition coefficient (Wildman–Crippen LogP) is 10.5. The number of fused-ring (bicyclic) bond motifs is 2. The molecule has 5 aromatic rings. The van der Waals surface area contributed by atoms with E-state index in [1.54, 1.807) is 12.1 Å². The highest BCUT2D eigenvalue weighted by atomic mass is 32.2. The molecule has 16 heteroatoms. The Balaban J connectivity index is 0.876. The van der Waals surface area contributed by atoms with Crippen molar-refractivity contribution in [3.63, 3.8) is 0 Å². The van der Waals surface area contributed by atoms with Crippen LogP contribution in [0, 0.1) is 22.1 Å². The second kappa shape index (κ2) is 17.9. The molecule has 1 amide bonds. The third-order valence-corrected chi connectivity index (χ3v) is 16.9. The fourth-order valence-corrected chi connectivity index (χ4v) is 12.7. The molecule has 5 aliphatic rings. The summed E-state index contributed by atoms with van der Waals surface area (Å²) < 4.78 is 57.5. The number of nitrogens with zero attached hydrogens (tertiary/aromatic N) is 4. The Morgan fingerprint density at radius 1 is 1.04 bits per heavy atom. The highest BCUT2D eigenvalue weighted by Crippen LogP contribution is 2.54. The number of hydrogen-bond donors (Lipinski definition) is 4. The van der Waals surface area contributed by atoms with Gasteiger partial charge in [-0.3, -0.25) is 9.69 Å². The number of sulfonamides is 1. The second-order valence-electron chi connectivity index (χ2n) is 20.4. The van der Waals surface area contributed by atoms with Crippen LogP contribution in [0.1, 0.15) is 124 Å². The van der Waals surface area contributed by atoms with Crippen LogP contribution in [0.3, 0.4) is 0 Å². The van der Waals surface area contributed by atoms with Crippen LogP contribution in [0.2, 0.25) is 0 Å². The van der Waals surface area contributed by atoms with E-state index in [4.69, 9.17) is 9.47 Å². The maximum Gasteiger partial charge on any atom is 0.268 e. The quantitative estimate of drug-likeness (QED) is 0.0875. The molecule has 0 bridgehead atoms. The number of hydrogen-bond acceptors (Lipinski definition) is 12. The predicted molar refractivity (Wildman–Crippen MR) is 261 cm³/mol. The van der Waals surface area contributed by atoms with E-state index in [9.17, 15) is 27.6 Å². The van der Waals surface area contributed by atoms with Crippen LogP contribution in [0.15, 0.2) is 83.5 Å². The van der Waals surface area contributed by atoms with E-state index in [-0.39, 0.29) is 79.8 Å². The first-order valence-corrected chi connectivity index (χ1v) is 25.5. The molecule has 3 aromatic carbocycles. The zero-order valence-corrected chi connectivity index (χ0v) is 39.7. The lowest BCUT2D eigenvalue weighted by atomic mass is 9.59. The van der Waals surface area contributed by atoms with Crippen LogP contribution in [0.4, 0.5) is 21.5 Å².